The topological polar surface area (TPSA) is 47.9 Å². The molecule has 3 rings (SSSR count). The van der Waals surface area contributed by atoms with Gasteiger partial charge in [0.15, 0.2) is 16.6 Å². The number of aliphatic hydroxyl groups is 1. The van der Waals surface area contributed by atoms with Crippen molar-refractivity contribution in [2.24, 2.45) is 17.8 Å². The van der Waals surface area contributed by atoms with Gasteiger partial charge in [0.2, 0.25) is 0 Å². The SMILES string of the molecule is CCCCC[C@@H](CC[C@H]1C(O[Si](C)(C)C(C)(C)C)C[C@H](CO)[C@@H]1Cc1cccc(OCc2ccccc2)c1)O[Si](C)(C)C(C)(C)C. The van der Waals surface area contributed by atoms with E-state index in [1.165, 1.54) is 30.4 Å². The van der Waals surface area contributed by atoms with Gasteiger partial charge < -0.3 is 18.7 Å². The van der Waals surface area contributed by atoms with E-state index in [1.807, 2.05) is 6.07 Å². The summed E-state index contributed by atoms with van der Waals surface area (Å²) in [7, 11) is -3.90. The second-order valence-electron chi connectivity index (χ2n) is 17.1. The molecule has 0 amide bonds. The summed E-state index contributed by atoms with van der Waals surface area (Å²) in [4.78, 5) is 0. The second-order valence-corrected chi connectivity index (χ2v) is 26.6. The first kappa shape index (κ1) is 39.0. The highest BCUT2D eigenvalue weighted by Gasteiger charge is 2.48. The maximum Gasteiger partial charge on any atom is 0.192 e. The molecule has 6 heteroatoms. The summed E-state index contributed by atoms with van der Waals surface area (Å²) in [5.74, 6) is 1.88. The van der Waals surface area contributed by atoms with Crippen LogP contribution in [0.1, 0.15) is 105 Å². The molecule has 0 aliphatic heterocycles. The largest absolute Gasteiger partial charge is 0.489 e. The van der Waals surface area contributed by atoms with Gasteiger partial charge in [-0.05, 0) is 109 Å². The van der Waals surface area contributed by atoms with Crippen LogP contribution in [-0.2, 0) is 21.9 Å². The molecule has 2 aromatic rings. The number of aliphatic hydroxyl groups excluding tert-OH is 1. The highest BCUT2D eigenvalue weighted by molar-refractivity contribution is 6.74. The number of unbranched alkanes of at least 4 members (excludes halogenated alkanes) is 2. The van der Waals surface area contributed by atoms with E-state index < -0.39 is 16.6 Å². The lowest BCUT2D eigenvalue weighted by atomic mass is 9.81. The van der Waals surface area contributed by atoms with Gasteiger partial charge in [-0.25, -0.2) is 0 Å². The minimum absolute atomic E-state index is 0.142. The maximum absolute atomic E-state index is 10.7. The van der Waals surface area contributed by atoms with Crippen molar-refractivity contribution in [2.45, 2.75) is 155 Å². The number of ether oxygens (including phenoxy) is 1. The summed E-state index contributed by atoms with van der Waals surface area (Å²) in [5, 5.41) is 11.1. The van der Waals surface area contributed by atoms with Crippen LogP contribution in [0.25, 0.3) is 0 Å². The molecule has 1 aliphatic carbocycles. The van der Waals surface area contributed by atoms with E-state index in [4.69, 9.17) is 13.6 Å². The molecule has 1 unspecified atom stereocenters. The molecule has 2 aromatic carbocycles. The van der Waals surface area contributed by atoms with Crippen molar-refractivity contribution in [2.75, 3.05) is 6.61 Å². The van der Waals surface area contributed by atoms with Crippen LogP contribution in [0.4, 0.5) is 0 Å². The Kier molecular flexibility index (Phi) is 14.2. The van der Waals surface area contributed by atoms with Crippen molar-refractivity contribution in [3.63, 3.8) is 0 Å². The normalized spacial score (nSPS) is 21.8. The van der Waals surface area contributed by atoms with Crippen molar-refractivity contribution in [1.29, 1.82) is 0 Å². The molecule has 5 atom stereocenters. The first-order valence-corrected chi connectivity index (χ1v) is 24.0. The van der Waals surface area contributed by atoms with Crippen LogP contribution in [0.15, 0.2) is 54.6 Å². The van der Waals surface area contributed by atoms with E-state index in [9.17, 15) is 5.11 Å². The molecular weight excluding hydrogens is 601 g/mol. The predicted molar refractivity (Wildman–Crippen MR) is 201 cm³/mol. The zero-order valence-corrected chi connectivity index (χ0v) is 33.3. The fraction of sp³-hybridized carbons (Fsp3) is 0.700. The Hall–Kier alpha value is -1.45. The van der Waals surface area contributed by atoms with Crippen molar-refractivity contribution in [3.05, 3.63) is 65.7 Å². The Balaban J connectivity index is 1.86. The molecule has 1 saturated carbocycles. The summed E-state index contributed by atoms with van der Waals surface area (Å²) >= 11 is 0. The highest BCUT2D eigenvalue weighted by Crippen LogP contribution is 2.48. The number of hydrogen-bond donors (Lipinski definition) is 1. The van der Waals surface area contributed by atoms with E-state index in [0.29, 0.717) is 18.4 Å². The van der Waals surface area contributed by atoms with Crippen molar-refractivity contribution < 1.29 is 18.7 Å². The van der Waals surface area contributed by atoms with Gasteiger partial charge in [0.05, 0.1) is 0 Å². The molecule has 0 bridgehead atoms. The fourth-order valence-corrected chi connectivity index (χ4v) is 9.33. The minimum atomic E-state index is -2.00. The van der Waals surface area contributed by atoms with E-state index in [-0.39, 0.29) is 34.8 Å². The Morgan fingerprint density at radius 1 is 0.804 bits per heavy atom. The van der Waals surface area contributed by atoms with Crippen LogP contribution in [-0.4, -0.2) is 40.6 Å². The molecule has 0 aromatic heterocycles. The van der Waals surface area contributed by atoms with Crippen LogP contribution in [0.5, 0.6) is 5.75 Å². The average Bonchev–Trinajstić information content (AvgIpc) is 3.29. The molecule has 0 saturated heterocycles. The predicted octanol–water partition coefficient (Wildman–Crippen LogP) is 11.2. The summed E-state index contributed by atoms with van der Waals surface area (Å²) in [5.41, 5.74) is 2.45. The average molecular weight is 669 g/mol. The van der Waals surface area contributed by atoms with Crippen LogP contribution in [0, 0.1) is 17.8 Å². The van der Waals surface area contributed by atoms with Crippen molar-refractivity contribution in [3.8, 4) is 5.75 Å². The molecule has 4 nitrogen and oxygen atoms in total. The zero-order valence-electron chi connectivity index (χ0n) is 31.3. The standard InChI is InChI=1S/C40H68O4Si2/c1-12-13-15-22-34(43-45(8,9)39(2,3)4)24-25-36-37(33(29-41)28-38(36)44-46(10,11)40(5,6)7)27-32-21-18-23-35(26-32)42-30-31-19-16-14-17-20-31/h14,16-21,23,26,33-34,36-38,41H,12-13,15,22,24-25,27-30H2,1-11H3/t33-,34+,36-,37+,38?/m1/s1. The van der Waals surface area contributed by atoms with E-state index in [0.717, 1.165) is 37.9 Å². The first-order chi connectivity index (χ1) is 21.5. The lowest BCUT2D eigenvalue weighted by Gasteiger charge is -2.41. The lowest BCUT2D eigenvalue weighted by molar-refractivity contribution is 0.0953. The lowest BCUT2D eigenvalue weighted by Crippen LogP contribution is -2.46. The number of hydrogen-bond acceptors (Lipinski definition) is 4. The van der Waals surface area contributed by atoms with Gasteiger partial charge in [0.25, 0.3) is 0 Å². The molecule has 0 heterocycles. The zero-order chi connectivity index (χ0) is 34.2. The van der Waals surface area contributed by atoms with Gasteiger partial charge in [0, 0.05) is 18.8 Å². The van der Waals surface area contributed by atoms with Crippen LogP contribution < -0.4 is 4.74 Å². The molecule has 1 fully saturated rings. The number of rotatable bonds is 17. The molecule has 0 radical (unpaired) electrons. The highest BCUT2D eigenvalue weighted by atomic mass is 28.4. The first-order valence-electron chi connectivity index (χ1n) is 18.2. The Morgan fingerprint density at radius 2 is 1.46 bits per heavy atom. The number of benzene rings is 2. The smallest absolute Gasteiger partial charge is 0.192 e. The molecule has 1 aliphatic rings. The molecular formula is C40H68O4Si2. The quantitative estimate of drug-likeness (QED) is 0.135. The summed E-state index contributed by atoms with van der Waals surface area (Å²) in [6, 6.07) is 19.0. The molecule has 46 heavy (non-hydrogen) atoms. The third-order valence-electron chi connectivity index (χ3n) is 11.5. The van der Waals surface area contributed by atoms with Gasteiger partial charge in [-0.3, -0.25) is 0 Å². The summed E-state index contributed by atoms with van der Waals surface area (Å²) in [6.45, 7) is 26.7. The molecule has 1 N–H and O–H groups in total. The summed E-state index contributed by atoms with van der Waals surface area (Å²) < 4.78 is 20.6. The van der Waals surface area contributed by atoms with Crippen LogP contribution in [0.2, 0.25) is 36.3 Å². The molecule has 0 spiro atoms. The van der Waals surface area contributed by atoms with Gasteiger partial charge in [-0.1, -0.05) is 110 Å². The third kappa shape index (κ3) is 11.0. The Morgan fingerprint density at radius 3 is 2.07 bits per heavy atom. The Bertz CT molecular complexity index is 1170. The van der Waals surface area contributed by atoms with Crippen LogP contribution in [0.3, 0.4) is 0 Å². The fourth-order valence-electron chi connectivity index (χ4n) is 6.52. The van der Waals surface area contributed by atoms with Crippen LogP contribution >= 0.6 is 0 Å². The molecule has 260 valence electrons. The van der Waals surface area contributed by atoms with E-state index >= 15 is 0 Å². The van der Waals surface area contributed by atoms with Gasteiger partial charge in [-0.2, -0.15) is 0 Å². The van der Waals surface area contributed by atoms with Gasteiger partial charge in [0.1, 0.15) is 12.4 Å². The summed E-state index contributed by atoms with van der Waals surface area (Å²) in [6.07, 6.45) is 9.31. The maximum atomic E-state index is 10.7. The Labute approximate surface area is 285 Å². The van der Waals surface area contributed by atoms with E-state index in [1.54, 1.807) is 0 Å². The van der Waals surface area contributed by atoms with Crippen molar-refractivity contribution >= 4 is 16.6 Å². The van der Waals surface area contributed by atoms with Gasteiger partial charge in [-0.15, -0.1) is 0 Å². The van der Waals surface area contributed by atoms with Crippen molar-refractivity contribution in [1.82, 2.24) is 0 Å². The van der Waals surface area contributed by atoms with Gasteiger partial charge >= 0.3 is 0 Å². The second kappa shape index (κ2) is 16.8. The van der Waals surface area contributed by atoms with E-state index in [2.05, 4.69) is 123 Å². The third-order valence-corrected chi connectivity index (χ3v) is 20.5. The minimum Gasteiger partial charge on any atom is -0.489 e. The monoisotopic (exact) mass is 668 g/mol.